The van der Waals surface area contributed by atoms with Gasteiger partial charge in [0.25, 0.3) is 0 Å². The molecule has 2 heterocycles. The smallest absolute Gasteiger partial charge is 0.132 e. The summed E-state index contributed by atoms with van der Waals surface area (Å²) in [6, 6.07) is 5.31. The summed E-state index contributed by atoms with van der Waals surface area (Å²) >= 11 is 1.63. The standard InChI is InChI=1S/C16H21FN2S/c1-10-7-19(8-11(10)2)9-12-15(6-18)20-14-5-3-4-13(17)16(12)14/h3-5,10-11H,6-9,18H2,1-2H3. The summed E-state index contributed by atoms with van der Waals surface area (Å²) in [7, 11) is 0. The quantitative estimate of drug-likeness (QED) is 0.937. The van der Waals surface area contributed by atoms with Gasteiger partial charge >= 0.3 is 0 Å². The molecular formula is C16H21FN2S. The van der Waals surface area contributed by atoms with Crippen LogP contribution < -0.4 is 5.73 Å². The average molecular weight is 292 g/mol. The van der Waals surface area contributed by atoms with Crippen LogP contribution in [-0.2, 0) is 13.1 Å². The zero-order chi connectivity index (χ0) is 14.3. The Balaban J connectivity index is 1.98. The number of halogens is 1. The molecule has 1 aromatic heterocycles. The molecule has 0 bridgehead atoms. The van der Waals surface area contributed by atoms with E-state index in [0.29, 0.717) is 18.4 Å². The summed E-state index contributed by atoms with van der Waals surface area (Å²) in [5, 5.41) is 0.783. The molecular weight excluding hydrogens is 271 g/mol. The highest BCUT2D eigenvalue weighted by molar-refractivity contribution is 7.19. The topological polar surface area (TPSA) is 29.3 Å². The van der Waals surface area contributed by atoms with E-state index in [2.05, 4.69) is 18.7 Å². The number of hydrogen-bond donors (Lipinski definition) is 1. The van der Waals surface area contributed by atoms with Gasteiger partial charge < -0.3 is 5.73 Å². The van der Waals surface area contributed by atoms with Gasteiger partial charge in [-0.15, -0.1) is 11.3 Å². The number of nitrogens with two attached hydrogens (primary N) is 1. The second-order valence-electron chi connectivity index (χ2n) is 5.97. The van der Waals surface area contributed by atoms with Crippen LogP contribution in [0.15, 0.2) is 18.2 Å². The molecule has 20 heavy (non-hydrogen) atoms. The second kappa shape index (κ2) is 5.43. The van der Waals surface area contributed by atoms with E-state index >= 15 is 0 Å². The Morgan fingerprint density at radius 3 is 2.65 bits per heavy atom. The molecule has 0 saturated carbocycles. The Morgan fingerprint density at radius 2 is 2.00 bits per heavy atom. The predicted octanol–water partition coefficient (Wildman–Crippen LogP) is 3.59. The van der Waals surface area contributed by atoms with Gasteiger partial charge in [0.15, 0.2) is 0 Å². The first-order valence-corrected chi connectivity index (χ1v) is 8.03. The summed E-state index contributed by atoms with van der Waals surface area (Å²) < 4.78 is 15.2. The van der Waals surface area contributed by atoms with E-state index < -0.39 is 0 Å². The van der Waals surface area contributed by atoms with Crippen molar-refractivity contribution in [2.45, 2.75) is 26.9 Å². The van der Waals surface area contributed by atoms with Gasteiger partial charge in [-0.3, -0.25) is 4.90 Å². The van der Waals surface area contributed by atoms with E-state index in [1.54, 1.807) is 23.5 Å². The lowest BCUT2D eigenvalue weighted by Gasteiger charge is -2.16. The molecule has 1 aliphatic rings. The zero-order valence-electron chi connectivity index (χ0n) is 12.0. The van der Waals surface area contributed by atoms with Crippen molar-refractivity contribution in [2.24, 2.45) is 17.6 Å². The van der Waals surface area contributed by atoms with Gasteiger partial charge in [0.2, 0.25) is 0 Å². The first-order valence-electron chi connectivity index (χ1n) is 7.21. The molecule has 0 radical (unpaired) electrons. The van der Waals surface area contributed by atoms with Gasteiger partial charge in [-0.1, -0.05) is 19.9 Å². The molecule has 3 rings (SSSR count). The number of fused-ring (bicyclic) bond motifs is 1. The molecule has 2 unspecified atom stereocenters. The minimum Gasteiger partial charge on any atom is -0.326 e. The normalized spacial score (nSPS) is 23.8. The van der Waals surface area contributed by atoms with Gasteiger partial charge in [0, 0.05) is 41.1 Å². The van der Waals surface area contributed by atoms with E-state index in [9.17, 15) is 4.39 Å². The van der Waals surface area contributed by atoms with Crippen LogP contribution in [0.25, 0.3) is 10.1 Å². The third-order valence-corrected chi connectivity index (χ3v) is 5.70. The Kier molecular flexibility index (Phi) is 3.80. The first kappa shape index (κ1) is 14.0. The Bertz CT molecular complexity index is 612. The fourth-order valence-corrected chi connectivity index (χ4v) is 4.26. The highest BCUT2D eigenvalue weighted by atomic mass is 32.1. The van der Waals surface area contributed by atoms with Gasteiger partial charge in [0.05, 0.1) is 0 Å². The first-order chi connectivity index (χ1) is 9.60. The Labute approximate surface area is 123 Å². The van der Waals surface area contributed by atoms with E-state index in [0.717, 1.165) is 40.2 Å². The number of nitrogens with zero attached hydrogens (tertiary/aromatic N) is 1. The molecule has 1 fully saturated rings. The lowest BCUT2D eigenvalue weighted by atomic mass is 10.0. The van der Waals surface area contributed by atoms with Gasteiger partial charge in [-0.05, 0) is 29.5 Å². The molecule has 108 valence electrons. The summed E-state index contributed by atoms with van der Waals surface area (Å²) in [6.45, 7) is 8.09. The lowest BCUT2D eigenvalue weighted by molar-refractivity contribution is 0.316. The third kappa shape index (κ3) is 2.36. The highest BCUT2D eigenvalue weighted by Crippen LogP contribution is 2.35. The summed E-state index contributed by atoms with van der Waals surface area (Å²) in [6.07, 6.45) is 0. The van der Waals surface area contributed by atoms with E-state index in [1.165, 1.54) is 0 Å². The van der Waals surface area contributed by atoms with Crippen LogP contribution >= 0.6 is 11.3 Å². The Morgan fingerprint density at radius 1 is 1.30 bits per heavy atom. The summed E-state index contributed by atoms with van der Waals surface area (Å²) in [4.78, 5) is 3.56. The van der Waals surface area contributed by atoms with Crippen molar-refractivity contribution in [2.75, 3.05) is 13.1 Å². The van der Waals surface area contributed by atoms with Crippen molar-refractivity contribution in [1.82, 2.24) is 4.90 Å². The molecule has 0 spiro atoms. The molecule has 1 aromatic carbocycles. The van der Waals surface area contributed by atoms with Crippen molar-refractivity contribution in [1.29, 1.82) is 0 Å². The van der Waals surface area contributed by atoms with Gasteiger partial charge in [-0.25, -0.2) is 4.39 Å². The largest absolute Gasteiger partial charge is 0.326 e. The van der Waals surface area contributed by atoms with Crippen LogP contribution in [0, 0.1) is 17.7 Å². The molecule has 1 saturated heterocycles. The van der Waals surface area contributed by atoms with Crippen LogP contribution in [-0.4, -0.2) is 18.0 Å². The summed E-state index contributed by atoms with van der Waals surface area (Å²) in [5.74, 6) is 1.31. The van der Waals surface area contributed by atoms with Crippen LogP contribution in [0.5, 0.6) is 0 Å². The van der Waals surface area contributed by atoms with Crippen molar-refractivity contribution < 1.29 is 4.39 Å². The number of hydrogen-bond acceptors (Lipinski definition) is 3. The average Bonchev–Trinajstić information content (AvgIpc) is 2.92. The molecule has 2 nitrogen and oxygen atoms in total. The number of rotatable bonds is 3. The number of thiophene rings is 1. The van der Waals surface area contributed by atoms with Crippen molar-refractivity contribution in [3.63, 3.8) is 0 Å². The van der Waals surface area contributed by atoms with Crippen LogP contribution in [0.4, 0.5) is 4.39 Å². The molecule has 2 aromatic rings. The molecule has 4 heteroatoms. The van der Waals surface area contributed by atoms with Crippen LogP contribution in [0.2, 0.25) is 0 Å². The molecule has 1 aliphatic heterocycles. The van der Waals surface area contributed by atoms with E-state index in [1.807, 2.05) is 6.07 Å². The van der Waals surface area contributed by atoms with Crippen molar-refractivity contribution in [3.8, 4) is 0 Å². The zero-order valence-corrected chi connectivity index (χ0v) is 12.8. The maximum Gasteiger partial charge on any atom is 0.132 e. The Hall–Kier alpha value is -0.970. The minimum absolute atomic E-state index is 0.117. The molecule has 0 aliphatic carbocycles. The number of likely N-dealkylation sites (tertiary alicyclic amines) is 1. The molecule has 0 amide bonds. The predicted molar refractivity (Wildman–Crippen MR) is 83.3 cm³/mol. The van der Waals surface area contributed by atoms with Gasteiger partial charge in [-0.2, -0.15) is 0 Å². The third-order valence-electron chi connectivity index (χ3n) is 4.48. The fraction of sp³-hybridized carbons (Fsp3) is 0.500. The van der Waals surface area contributed by atoms with Gasteiger partial charge in [0.1, 0.15) is 5.82 Å². The monoisotopic (exact) mass is 292 g/mol. The highest BCUT2D eigenvalue weighted by Gasteiger charge is 2.27. The lowest BCUT2D eigenvalue weighted by Crippen LogP contribution is -2.21. The van der Waals surface area contributed by atoms with Crippen molar-refractivity contribution in [3.05, 3.63) is 34.5 Å². The van der Waals surface area contributed by atoms with Crippen molar-refractivity contribution >= 4 is 21.4 Å². The van der Waals surface area contributed by atoms with E-state index in [-0.39, 0.29) is 5.82 Å². The second-order valence-corrected chi connectivity index (χ2v) is 7.11. The fourth-order valence-electron chi connectivity index (χ4n) is 3.15. The van der Waals surface area contributed by atoms with E-state index in [4.69, 9.17) is 5.73 Å². The maximum absolute atomic E-state index is 14.2. The molecule has 2 N–H and O–H groups in total. The van der Waals surface area contributed by atoms with Crippen LogP contribution in [0.1, 0.15) is 24.3 Å². The summed E-state index contributed by atoms with van der Waals surface area (Å²) in [5.41, 5.74) is 6.97. The number of benzene rings is 1. The molecule has 2 atom stereocenters. The SMILES string of the molecule is CC1CN(Cc2c(CN)sc3cccc(F)c23)CC1C. The maximum atomic E-state index is 14.2. The van der Waals surface area contributed by atoms with Crippen LogP contribution in [0.3, 0.4) is 0 Å². The minimum atomic E-state index is -0.117.